The van der Waals surface area contributed by atoms with Gasteiger partial charge >= 0.3 is 0 Å². The van der Waals surface area contributed by atoms with Crippen LogP contribution in [0.25, 0.3) is 0 Å². The summed E-state index contributed by atoms with van der Waals surface area (Å²) in [6.45, 7) is 0.913. The summed E-state index contributed by atoms with van der Waals surface area (Å²) in [6, 6.07) is 3.48. The maximum atomic E-state index is 13.5. The van der Waals surface area contributed by atoms with Gasteiger partial charge in [-0.25, -0.2) is 8.78 Å². The summed E-state index contributed by atoms with van der Waals surface area (Å²) in [6.07, 6.45) is 5.40. The Bertz CT molecular complexity index is 543. The van der Waals surface area contributed by atoms with Crippen molar-refractivity contribution in [1.82, 2.24) is 10.6 Å². The van der Waals surface area contributed by atoms with Gasteiger partial charge < -0.3 is 10.6 Å². The van der Waals surface area contributed by atoms with Gasteiger partial charge in [-0.15, -0.1) is 0 Å². The number of nitrogens with one attached hydrogen (secondary N) is 2. The van der Waals surface area contributed by atoms with E-state index in [0.29, 0.717) is 0 Å². The minimum atomic E-state index is -0.661. The van der Waals surface area contributed by atoms with Crippen LogP contribution in [0.1, 0.15) is 37.7 Å². The number of hydrogen-bond acceptors (Lipinski definition) is 2. The number of piperidine rings is 1. The Kier molecular flexibility index (Phi) is 3.93. The lowest BCUT2D eigenvalue weighted by atomic mass is 9.70. The van der Waals surface area contributed by atoms with E-state index in [0.717, 1.165) is 25.5 Å². The molecular weight excluding hydrogens is 274 g/mol. The number of benzene rings is 1. The molecule has 1 aliphatic carbocycles. The zero-order chi connectivity index (χ0) is 14.9. The number of carbonyl (C=O) groups is 1. The van der Waals surface area contributed by atoms with Crippen molar-refractivity contribution in [2.45, 2.75) is 50.1 Å². The molecule has 0 radical (unpaired) electrons. The smallest absolute Gasteiger partial charge is 0.224 e. The molecule has 2 aliphatic rings. The molecule has 0 bridgehead atoms. The van der Waals surface area contributed by atoms with Gasteiger partial charge in [-0.05, 0) is 50.3 Å². The molecule has 1 aromatic carbocycles. The molecule has 2 N–H and O–H groups in total. The highest BCUT2D eigenvalue weighted by molar-refractivity contribution is 5.78. The molecule has 3 rings (SSSR count). The lowest BCUT2D eigenvalue weighted by molar-refractivity contribution is -0.121. The van der Waals surface area contributed by atoms with Crippen molar-refractivity contribution < 1.29 is 13.6 Å². The summed E-state index contributed by atoms with van der Waals surface area (Å²) >= 11 is 0. The first kappa shape index (κ1) is 14.4. The molecule has 1 aliphatic heterocycles. The summed E-state index contributed by atoms with van der Waals surface area (Å²) in [5, 5.41) is 6.54. The van der Waals surface area contributed by atoms with Crippen molar-refractivity contribution in [2.75, 3.05) is 6.54 Å². The number of amides is 1. The Balaban J connectivity index is 1.56. The monoisotopic (exact) mass is 294 g/mol. The highest BCUT2D eigenvalue weighted by atomic mass is 19.1. The van der Waals surface area contributed by atoms with Crippen molar-refractivity contribution >= 4 is 5.91 Å². The fraction of sp³-hybridized carbons (Fsp3) is 0.562. The van der Waals surface area contributed by atoms with Gasteiger partial charge in [0.25, 0.3) is 0 Å². The molecule has 1 heterocycles. The van der Waals surface area contributed by atoms with Gasteiger partial charge in [-0.2, -0.15) is 0 Å². The van der Waals surface area contributed by atoms with Crippen molar-refractivity contribution in [3.8, 4) is 0 Å². The molecule has 114 valence electrons. The van der Waals surface area contributed by atoms with Gasteiger partial charge in [0.05, 0.1) is 6.42 Å². The molecule has 1 spiro atoms. The molecule has 3 nitrogen and oxygen atoms in total. The van der Waals surface area contributed by atoms with E-state index in [4.69, 9.17) is 0 Å². The van der Waals surface area contributed by atoms with Gasteiger partial charge in [0, 0.05) is 17.6 Å². The van der Waals surface area contributed by atoms with Crippen molar-refractivity contribution in [3.05, 3.63) is 35.4 Å². The van der Waals surface area contributed by atoms with Crippen LogP contribution in [0.15, 0.2) is 18.2 Å². The summed E-state index contributed by atoms with van der Waals surface area (Å²) in [7, 11) is 0. The third kappa shape index (κ3) is 3.23. The second-order valence-electron chi connectivity index (χ2n) is 6.23. The van der Waals surface area contributed by atoms with E-state index >= 15 is 0 Å². The molecule has 1 aromatic rings. The van der Waals surface area contributed by atoms with Gasteiger partial charge in [-0.1, -0.05) is 6.07 Å². The zero-order valence-electron chi connectivity index (χ0n) is 11.9. The third-order valence-electron chi connectivity index (χ3n) is 4.67. The summed E-state index contributed by atoms with van der Waals surface area (Å²) < 4.78 is 26.4. The standard InChI is InChI=1S/C16H20F2N2O/c17-12-3-2-11(14(18)9-12)8-15(21)20-13-4-7-19-16(10-13)5-1-6-16/h2-3,9,13,19H,1,4-8,10H2,(H,20,21). The molecule has 1 unspecified atom stereocenters. The first-order valence-electron chi connectivity index (χ1n) is 7.55. The maximum Gasteiger partial charge on any atom is 0.224 e. The van der Waals surface area contributed by atoms with Crippen LogP contribution in [0.3, 0.4) is 0 Å². The Morgan fingerprint density at radius 2 is 2.19 bits per heavy atom. The number of carbonyl (C=O) groups excluding carboxylic acids is 1. The van der Waals surface area contributed by atoms with Crippen molar-refractivity contribution in [2.24, 2.45) is 0 Å². The normalized spacial score (nSPS) is 23.6. The van der Waals surface area contributed by atoms with Crippen LogP contribution in [-0.4, -0.2) is 24.0 Å². The van der Waals surface area contributed by atoms with Crippen LogP contribution in [0.2, 0.25) is 0 Å². The first-order valence-corrected chi connectivity index (χ1v) is 7.55. The SMILES string of the molecule is O=C(Cc1ccc(F)cc1F)NC1CCNC2(CCC2)C1. The second kappa shape index (κ2) is 5.72. The fourth-order valence-corrected chi connectivity index (χ4v) is 3.38. The van der Waals surface area contributed by atoms with Crippen LogP contribution in [0, 0.1) is 11.6 Å². The highest BCUT2D eigenvalue weighted by Gasteiger charge is 2.41. The minimum absolute atomic E-state index is 0.0386. The summed E-state index contributed by atoms with van der Waals surface area (Å²) in [4.78, 5) is 12.0. The van der Waals surface area contributed by atoms with Crippen molar-refractivity contribution in [3.63, 3.8) is 0 Å². The van der Waals surface area contributed by atoms with Crippen LogP contribution in [-0.2, 0) is 11.2 Å². The van der Waals surface area contributed by atoms with E-state index in [1.54, 1.807) is 0 Å². The van der Waals surface area contributed by atoms with E-state index in [1.807, 2.05) is 0 Å². The molecule has 5 heteroatoms. The average molecular weight is 294 g/mol. The predicted octanol–water partition coefficient (Wildman–Crippen LogP) is 2.30. The minimum Gasteiger partial charge on any atom is -0.353 e. The topological polar surface area (TPSA) is 41.1 Å². The lowest BCUT2D eigenvalue weighted by Gasteiger charge is -2.48. The Labute approximate surface area is 123 Å². The summed E-state index contributed by atoms with van der Waals surface area (Å²) in [5.41, 5.74) is 0.457. The number of halogens is 2. The summed E-state index contributed by atoms with van der Waals surface area (Å²) in [5.74, 6) is -1.48. The molecule has 1 atom stereocenters. The van der Waals surface area contributed by atoms with Crippen LogP contribution < -0.4 is 10.6 Å². The Hall–Kier alpha value is -1.49. The number of hydrogen-bond donors (Lipinski definition) is 2. The maximum absolute atomic E-state index is 13.5. The van der Waals surface area contributed by atoms with Crippen LogP contribution in [0.4, 0.5) is 8.78 Å². The van der Waals surface area contributed by atoms with Gasteiger partial charge in [0.15, 0.2) is 0 Å². The first-order chi connectivity index (χ1) is 10.1. The molecule has 0 aromatic heterocycles. The number of rotatable bonds is 3. The Morgan fingerprint density at radius 3 is 2.86 bits per heavy atom. The lowest BCUT2D eigenvalue weighted by Crippen LogP contribution is -2.59. The predicted molar refractivity (Wildman–Crippen MR) is 75.8 cm³/mol. The van der Waals surface area contributed by atoms with E-state index < -0.39 is 11.6 Å². The molecule has 1 amide bonds. The van der Waals surface area contributed by atoms with E-state index in [1.165, 1.54) is 31.4 Å². The zero-order valence-corrected chi connectivity index (χ0v) is 11.9. The third-order valence-corrected chi connectivity index (χ3v) is 4.67. The molecule has 2 fully saturated rings. The van der Waals surface area contributed by atoms with Gasteiger partial charge in [0.2, 0.25) is 5.91 Å². The Morgan fingerprint density at radius 1 is 1.38 bits per heavy atom. The van der Waals surface area contributed by atoms with E-state index in [2.05, 4.69) is 10.6 Å². The molecule has 1 saturated carbocycles. The largest absolute Gasteiger partial charge is 0.353 e. The van der Waals surface area contributed by atoms with Crippen molar-refractivity contribution in [1.29, 1.82) is 0 Å². The van der Waals surface area contributed by atoms with Gasteiger partial charge in [0.1, 0.15) is 11.6 Å². The van der Waals surface area contributed by atoms with E-state index in [9.17, 15) is 13.6 Å². The second-order valence-corrected chi connectivity index (χ2v) is 6.23. The quantitative estimate of drug-likeness (QED) is 0.898. The average Bonchev–Trinajstić information content (AvgIpc) is 2.40. The van der Waals surface area contributed by atoms with E-state index in [-0.39, 0.29) is 29.5 Å². The van der Waals surface area contributed by atoms with Crippen LogP contribution in [0.5, 0.6) is 0 Å². The fourth-order valence-electron chi connectivity index (χ4n) is 3.38. The highest BCUT2D eigenvalue weighted by Crippen LogP contribution is 2.38. The van der Waals surface area contributed by atoms with Crippen LogP contribution >= 0.6 is 0 Å². The molecule has 21 heavy (non-hydrogen) atoms. The molecular formula is C16H20F2N2O. The van der Waals surface area contributed by atoms with Gasteiger partial charge in [-0.3, -0.25) is 4.79 Å². The molecule has 1 saturated heterocycles.